The second-order valence-electron chi connectivity index (χ2n) is 7.19. The number of hydrogen-bond donors (Lipinski definition) is 1. The lowest BCUT2D eigenvalue weighted by atomic mass is 10.1. The highest BCUT2D eigenvalue weighted by molar-refractivity contribution is 7.89. The molecule has 0 unspecified atom stereocenters. The molecule has 1 aliphatic heterocycles. The number of carbonyl (C=O) groups is 2. The van der Waals surface area contributed by atoms with Gasteiger partial charge in [0.05, 0.1) is 43.6 Å². The van der Waals surface area contributed by atoms with Crippen molar-refractivity contribution in [2.75, 3.05) is 52.4 Å². The molecule has 1 saturated heterocycles. The molecule has 178 valence electrons. The first-order valence-corrected chi connectivity index (χ1v) is 11.6. The van der Waals surface area contributed by atoms with Crippen LogP contribution in [-0.4, -0.2) is 71.7 Å². The fourth-order valence-electron chi connectivity index (χ4n) is 3.24. The Morgan fingerprint density at radius 3 is 2.45 bits per heavy atom. The second kappa shape index (κ2) is 10.6. The quantitative estimate of drug-likeness (QED) is 0.571. The van der Waals surface area contributed by atoms with Gasteiger partial charge in [-0.05, 0) is 36.8 Å². The van der Waals surface area contributed by atoms with Crippen LogP contribution in [0.15, 0.2) is 41.3 Å². The van der Waals surface area contributed by atoms with E-state index in [9.17, 15) is 18.0 Å². The number of sulfonamides is 1. The zero-order valence-corrected chi connectivity index (χ0v) is 19.4. The summed E-state index contributed by atoms with van der Waals surface area (Å²) in [7, 11) is -0.848. The highest BCUT2D eigenvalue weighted by Crippen LogP contribution is 2.29. The highest BCUT2D eigenvalue weighted by atomic mass is 32.2. The van der Waals surface area contributed by atoms with E-state index in [-0.39, 0.29) is 23.5 Å². The first-order chi connectivity index (χ1) is 15.8. The van der Waals surface area contributed by atoms with Crippen molar-refractivity contribution in [2.45, 2.75) is 11.8 Å². The van der Waals surface area contributed by atoms with E-state index >= 15 is 0 Å². The van der Waals surface area contributed by atoms with Gasteiger partial charge in [-0.25, -0.2) is 13.2 Å². The third-order valence-corrected chi connectivity index (χ3v) is 7.07. The van der Waals surface area contributed by atoms with Crippen LogP contribution in [0.4, 0.5) is 5.69 Å². The standard InChI is InChI=1S/C22H26N2O8S/c1-15-4-5-16(12-20(15)33(27,28)24-8-10-31-11-9-24)22(26)32-14-21(25)23-18-13-17(29-2)6-7-19(18)30-3/h4-7,12-13H,8-11,14H2,1-3H3,(H,23,25). The molecular formula is C22H26N2O8S. The van der Waals surface area contributed by atoms with Crippen LogP contribution < -0.4 is 14.8 Å². The van der Waals surface area contributed by atoms with Gasteiger partial charge in [0.25, 0.3) is 5.91 Å². The van der Waals surface area contributed by atoms with Gasteiger partial charge in [0.2, 0.25) is 10.0 Å². The van der Waals surface area contributed by atoms with Crippen LogP contribution in [0.5, 0.6) is 11.5 Å². The number of rotatable bonds is 8. The Morgan fingerprint density at radius 1 is 1.06 bits per heavy atom. The van der Waals surface area contributed by atoms with Gasteiger partial charge in [-0.3, -0.25) is 4.79 Å². The number of morpholine rings is 1. The molecule has 11 heteroatoms. The van der Waals surface area contributed by atoms with Crippen molar-refractivity contribution in [3.05, 3.63) is 47.5 Å². The van der Waals surface area contributed by atoms with Gasteiger partial charge in [0.1, 0.15) is 11.5 Å². The number of hydrogen-bond acceptors (Lipinski definition) is 8. The molecule has 3 rings (SSSR count). The molecule has 0 aliphatic carbocycles. The number of nitrogens with zero attached hydrogens (tertiary/aromatic N) is 1. The zero-order chi connectivity index (χ0) is 24.0. The summed E-state index contributed by atoms with van der Waals surface area (Å²) in [6.45, 7) is 2.19. The number of ether oxygens (including phenoxy) is 4. The lowest BCUT2D eigenvalue weighted by molar-refractivity contribution is -0.119. The van der Waals surface area contributed by atoms with Crippen molar-refractivity contribution in [1.82, 2.24) is 4.31 Å². The Kier molecular flexibility index (Phi) is 7.90. The number of methoxy groups -OCH3 is 2. The molecule has 1 aliphatic rings. The Bertz CT molecular complexity index is 1130. The summed E-state index contributed by atoms with van der Waals surface area (Å²) in [4.78, 5) is 24.8. The van der Waals surface area contributed by atoms with Crippen molar-refractivity contribution in [3.63, 3.8) is 0 Å². The van der Waals surface area contributed by atoms with Gasteiger partial charge in [-0.1, -0.05) is 6.07 Å². The average Bonchev–Trinajstić information content (AvgIpc) is 2.83. The van der Waals surface area contributed by atoms with Crippen molar-refractivity contribution in [1.29, 1.82) is 0 Å². The van der Waals surface area contributed by atoms with Gasteiger partial charge in [-0.15, -0.1) is 0 Å². The fourth-order valence-corrected chi connectivity index (χ4v) is 4.90. The molecule has 1 amide bonds. The van der Waals surface area contributed by atoms with E-state index in [4.69, 9.17) is 18.9 Å². The van der Waals surface area contributed by atoms with E-state index in [1.807, 2.05) is 0 Å². The Morgan fingerprint density at radius 2 is 1.79 bits per heavy atom. The minimum Gasteiger partial charge on any atom is -0.497 e. The van der Waals surface area contributed by atoms with E-state index in [1.165, 1.54) is 36.7 Å². The highest BCUT2D eigenvalue weighted by Gasteiger charge is 2.28. The fraction of sp³-hybridized carbons (Fsp3) is 0.364. The summed E-state index contributed by atoms with van der Waals surface area (Å²) in [5.41, 5.74) is 0.882. The molecule has 0 saturated carbocycles. The van der Waals surface area contributed by atoms with Crippen LogP contribution in [0.25, 0.3) is 0 Å². The largest absolute Gasteiger partial charge is 0.497 e. The smallest absolute Gasteiger partial charge is 0.338 e. The lowest BCUT2D eigenvalue weighted by Gasteiger charge is -2.26. The zero-order valence-electron chi connectivity index (χ0n) is 18.6. The summed E-state index contributed by atoms with van der Waals surface area (Å²) < 4.78 is 48.0. The third-order valence-electron chi connectivity index (χ3n) is 5.03. The lowest BCUT2D eigenvalue weighted by Crippen LogP contribution is -2.40. The minimum absolute atomic E-state index is 0.0180. The molecule has 2 aromatic carbocycles. The number of carbonyl (C=O) groups excluding carboxylic acids is 2. The summed E-state index contributed by atoms with van der Waals surface area (Å²) in [6.07, 6.45) is 0. The number of anilines is 1. The molecule has 0 bridgehead atoms. The van der Waals surface area contributed by atoms with E-state index in [0.717, 1.165) is 0 Å². The Hall–Kier alpha value is -3.15. The van der Waals surface area contributed by atoms with Crippen LogP contribution in [0, 0.1) is 6.92 Å². The minimum atomic E-state index is -3.79. The molecule has 0 radical (unpaired) electrons. The number of benzene rings is 2. The molecule has 1 fully saturated rings. The topological polar surface area (TPSA) is 120 Å². The van der Waals surface area contributed by atoms with Gasteiger partial charge in [-0.2, -0.15) is 4.31 Å². The maximum absolute atomic E-state index is 13.0. The van der Waals surface area contributed by atoms with E-state index in [1.54, 1.807) is 25.1 Å². The van der Waals surface area contributed by atoms with Crippen molar-refractivity contribution in [3.8, 4) is 11.5 Å². The number of nitrogens with one attached hydrogen (secondary N) is 1. The number of esters is 1. The predicted molar refractivity (Wildman–Crippen MR) is 119 cm³/mol. The molecule has 2 aromatic rings. The SMILES string of the molecule is COc1ccc(OC)c(NC(=O)COC(=O)c2ccc(C)c(S(=O)(=O)N3CCOCC3)c2)c1. The van der Waals surface area contributed by atoms with Crippen LogP contribution in [0.3, 0.4) is 0 Å². The van der Waals surface area contributed by atoms with E-state index in [0.29, 0.717) is 36.0 Å². The summed E-state index contributed by atoms with van der Waals surface area (Å²) >= 11 is 0. The van der Waals surface area contributed by atoms with Crippen molar-refractivity contribution < 1.29 is 37.0 Å². The first kappa shape index (κ1) is 24.5. The van der Waals surface area contributed by atoms with Gasteiger partial charge in [0.15, 0.2) is 6.61 Å². The monoisotopic (exact) mass is 478 g/mol. The predicted octanol–water partition coefficient (Wildman–Crippen LogP) is 1.83. The number of amides is 1. The normalized spacial score (nSPS) is 14.4. The molecule has 10 nitrogen and oxygen atoms in total. The Balaban J connectivity index is 1.69. The van der Waals surface area contributed by atoms with Crippen LogP contribution >= 0.6 is 0 Å². The molecule has 0 aromatic heterocycles. The molecular weight excluding hydrogens is 452 g/mol. The third kappa shape index (κ3) is 5.81. The van der Waals surface area contributed by atoms with Crippen LogP contribution in [0.1, 0.15) is 15.9 Å². The van der Waals surface area contributed by atoms with Crippen molar-refractivity contribution >= 4 is 27.6 Å². The first-order valence-electron chi connectivity index (χ1n) is 10.1. The summed E-state index contributed by atoms with van der Waals surface area (Å²) in [5, 5.41) is 2.60. The molecule has 1 N–H and O–H groups in total. The van der Waals surface area contributed by atoms with E-state index < -0.39 is 28.5 Å². The number of aryl methyl sites for hydroxylation is 1. The Labute approximate surface area is 192 Å². The summed E-state index contributed by atoms with van der Waals surface area (Å²) in [6, 6.07) is 9.13. The average molecular weight is 479 g/mol. The molecule has 1 heterocycles. The molecule has 0 atom stereocenters. The van der Waals surface area contributed by atoms with Gasteiger partial charge in [0, 0.05) is 19.2 Å². The molecule has 33 heavy (non-hydrogen) atoms. The van der Waals surface area contributed by atoms with E-state index in [2.05, 4.69) is 5.32 Å². The van der Waals surface area contributed by atoms with Gasteiger partial charge < -0.3 is 24.3 Å². The summed E-state index contributed by atoms with van der Waals surface area (Å²) in [5.74, 6) is -0.493. The van der Waals surface area contributed by atoms with Crippen molar-refractivity contribution in [2.24, 2.45) is 0 Å². The molecule has 0 spiro atoms. The van der Waals surface area contributed by atoms with Gasteiger partial charge >= 0.3 is 5.97 Å². The maximum atomic E-state index is 13.0. The maximum Gasteiger partial charge on any atom is 0.338 e. The van der Waals surface area contributed by atoms with Crippen LogP contribution in [0.2, 0.25) is 0 Å². The second-order valence-corrected chi connectivity index (χ2v) is 9.09. The van der Waals surface area contributed by atoms with Crippen LogP contribution in [-0.2, 0) is 24.3 Å².